The number of H-pyrrole nitrogens is 1. The maximum Gasteiger partial charge on any atom is 0.325 e. The standard InChI is InChI=1S/C10H10N6O5/c17-9(18)5-15-4-6(13-14-15)3-11-10(19)7-1-2-8(12-7)16(20)21/h1-2,4,12H,3,5H2,(H,11,19)(H,17,18). The van der Waals surface area contributed by atoms with Gasteiger partial charge in [-0.15, -0.1) is 5.10 Å². The molecule has 3 N–H and O–H groups in total. The molecule has 2 rings (SSSR count). The van der Waals surface area contributed by atoms with Crippen molar-refractivity contribution in [3.8, 4) is 0 Å². The van der Waals surface area contributed by atoms with Gasteiger partial charge in [-0.3, -0.25) is 9.59 Å². The fourth-order valence-corrected chi connectivity index (χ4v) is 1.52. The molecule has 0 spiro atoms. The summed E-state index contributed by atoms with van der Waals surface area (Å²) in [6, 6.07) is 2.47. The molecule has 0 atom stereocenters. The predicted molar refractivity (Wildman–Crippen MR) is 66.3 cm³/mol. The molecular formula is C10H10N6O5. The summed E-state index contributed by atoms with van der Waals surface area (Å²) in [6.07, 6.45) is 1.38. The van der Waals surface area contributed by atoms with Gasteiger partial charge in [0.25, 0.3) is 5.91 Å². The predicted octanol–water partition coefficient (Wildman–Crippen LogP) is -0.471. The molecule has 0 saturated carbocycles. The van der Waals surface area contributed by atoms with Crippen LogP contribution in [0.15, 0.2) is 18.3 Å². The van der Waals surface area contributed by atoms with E-state index in [1.165, 1.54) is 18.3 Å². The lowest BCUT2D eigenvalue weighted by atomic mass is 10.4. The van der Waals surface area contributed by atoms with Gasteiger partial charge < -0.3 is 20.5 Å². The average Bonchev–Trinajstić information content (AvgIpc) is 3.04. The van der Waals surface area contributed by atoms with Gasteiger partial charge in [-0.1, -0.05) is 5.21 Å². The van der Waals surface area contributed by atoms with Crippen LogP contribution in [-0.2, 0) is 17.9 Å². The van der Waals surface area contributed by atoms with Gasteiger partial charge in [-0.2, -0.15) is 0 Å². The molecule has 11 heteroatoms. The van der Waals surface area contributed by atoms with Gasteiger partial charge in [-0.25, -0.2) is 9.67 Å². The van der Waals surface area contributed by atoms with Crippen LogP contribution < -0.4 is 5.32 Å². The second-order valence-electron chi connectivity index (χ2n) is 4.00. The largest absolute Gasteiger partial charge is 0.480 e. The Morgan fingerprint density at radius 3 is 2.86 bits per heavy atom. The number of aromatic nitrogens is 4. The van der Waals surface area contributed by atoms with Crippen LogP contribution in [0.4, 0.5) is 5.82 Å². The first-order valence-electron chi connectivity index (χ1n) is 5.68. The number of aromatic amines is 1. The zero-order chi connectivity index (χ0) is 15.4. The van der Waals surface area contributed by atoms with Crippen molar-refractivity contribution in [1.82, 2.24) is 25.3 Å². The molecule has 21 heavy (non-hydrogen) atoms. The molecule has 0 bridgehead atoms. The number of rotatable bonds is 6. The van der Waals surface area contributed by atoms with E-state index in [1.54, 1.807) is 0 Å². The molecule has 0 aliphatic heterocycles. The number of carboxylic acid groups (broad SMARTS) is 1. The second-order valence-corrected chi connectivity index (χ2v) is 4.00. The number of carbonyl (C=O) groups is 2. The van der Waals surface area contributed by atoms with E-state index in [-0.39, 0.29) is 24.6 Å². The van der Waals surface area contributed by atoms with Gasteiger partial charge in [0.1, 0.15) is 12.2 Å². The molecule has 0 saturated heterocycles. The van der Waals surface area contributed by atoms with E-state index in [4.69, 9.17) is 5.11 Å². The number of hydrogen-bond donors (Lipinski definition) is 3. The molecule has 110 valence electrons. The third-order valence-electron chi connectivity index (χ3n) is 2.43. The number of carbonyl (C=O) groups excluding carboxylic acids is 1. The molecular weight excluding hydrogens is 284 g/mol. The van der Waals surface area contributed by atoms with Crippen LogP contribution in [0.2, 0.25) is 0 Å². The van der Waals surface area contributed by atoms with Crippen molar-refractivity contribution in [2.24, 2.45) is 0 Å². The SMILES string of the molecule is O=C(O)Cn1cc(CNC(=O)c2ccc([N+](=O)[O-])[nH]2)nn1. The fraction of sp³-hybridized carbons (Fsp3) is 0.200. The van der Waals surface area contributed by atoms with Gasteiger partial charge in [0.05, 0.1) is 12.7 Å². The lowest BCUT2D eigenvalue weighted by molar-refractivity contribution is -0.389. The Morgan fingerprint density at radius 1 is 1.48 bits per heavy atom. The van der Waals surface area contributed by atoms with Crippen molar-refractivity contribution in [1.29, 1.82) is 0 Å². The molecule has 0 aliphatic carbocycles. The van der Waals surface area contributed by atoms with E-state index in [2.05, 4.69) is 20.6 Å². The van der Waals surface area contributed by atoms with Crippen molar-refractivity contribution in [3.05, 3.63) is 39.8 Å². The number of carboxylic acids is 1. The Labute approximate surface area is 116 Å². The Morgan fingerprint density at radius 2 is 2.24 bits per heavy atom. The first-order chi connectivity index (χ1) is 9.95. The monoisotopic (exact) mass is 294 g/mol. The van der Waals surface area contributed by atoms with Gasteiger partial charge in [0.15, 0.2) is 5.69 Å². The smallest absolute Gasteiger partial charge is 0.325 e. The van der Waals surface area contributed by atoms with Crippen LogP contribution in [-0.4, -0.2) is 41.9 Å². The minimum absolute atomic E-state index is 0.0191. The van der Waals surface area contributed by atoms with Crippen LogP contribution in [0.1, 0.15) is 16.2 Å². The van der Waals surface area contributed by atoms with Crippen LogP contribution in [0.5, 0.6) is 0 Å². The third-order valence-corrected chi connectivity index (χ3v) is 2.43. The van der Waals surface area contributed by atoms with Crippen LogP contribution >= 0.6 is 0 Å². The highest BCUT2D eigenvalue weighted by Gasteiger charge is 2.15. The highest BCUT2D eigenvalue weighted by Crippen LogP contribution is 2.09. The number of amides is 1. The number of hydrogen-bond acceptors (Lipinski definition) is 6. The molecule has 0 aromatic carbocycles. The van der Waals surface area contributed by atoms with Crippen molar-refractivity contribution in [2.45, 2.75) is 13.1 Å². The van der Waals surface area contributed by atoms with Crippen molar-refractivity contribution in [3.63, 3.8) is 0 Å². The zero-order valence-electron chi connectivity index (χ0n) is 10.5. The second kappa shape index (κ2) is 5.81. The number of nitrogens with zero attached hydrogens (tertiary/aromatic N) is 4. The zero-order valence-corrected chi connectivity index (χ0v) is 10.5. The molecule has 11 nitrogen and oxygen atoms in total. The summed E-state index contributed by atoms with van der Waals surface area (Å²) in [5, 5.41) is 28.8. The van der Waals surface area contributed by atoms with Crippen molar-refractivity contribution >= 4 is 17.7 Å². The highest BCUT2D eigenvalue weighted by molar-refractivity contribution is 5.92. The van der Waals surface area contributed by atoms with E-state index < -0.39 is 16.8 Å². The Balaban J connectivity index is 1.92. The lowest BCUT2D eigenvalue weighted by Gasteiger charge is -1.98. The van der Waals surface area contributed by atoms with E-state index >= 15 is 0 Å². The van der Waals surface area contributed by atoms with E-state index in [0.717, 1.165) is 4.68 Å². The summed E-state index contributed by atoms with van der Waals surface area (Å²) in [4.78, 5) is 34.4. The maximum atomic E-state index is 11.7. The van der Waals surface area contributed by atoms with Gasteiger partial charge in [0.2, 0.25) is 0 Å². The molecule has 0 aliphatic rings. The number of nitrogens with one attached hydrogen (secondary N) is 2. The molecule has 2 aromatic heterocycles. The maximum absolute atomic E-state index is 11.7. The number of aliphatic carboxylic acids is 1. The lowest BCUT2D eigenvalue weighted by Crippen LogP contribution is -2.23. The van der Waals surface area contributed by atoms with Crippen LogP contribution in [0, 0.1) is 10.1 Å². The fourth-order valence-electron chi connectivity index (χ4n) is 1.52. The van der Waals surface area contributed by atoms with Crippen molar-refractivity contribution in [2.75, 3.05) is 0 Å². The minimum atomic E-state index is -1.06. The normalized spacial score (nSPS) is 10.3. The summed E-state index contributed by atoms with van der Waals surface area (Å²) in [5.41, 5.74) is 0.408. The Bertz CT molecular complexity index is 690. The minimum Gasteiger partial charge on any atom is -0.480 e. The quantitative estimate of drug-likeness (QED) is 0.480. The first kappa shape index (κ1) is 14.2. The molecule has 0 radical (unpaired) electrons. The third kappa shape index (κ3) is 3.62. The molecule has 0 fully saturated rings. The van der Waals surface area contributed by atoms with E-state index in [0.29, 0.717) is 5.69 Å². The Hall–Kier alpha value is -3.24. The Kier molecular flexibility index (Phi) is 3.92. The first-order valence-corrected chi connectivity index (χ1v) is 5.68. The van der Waals surface area contributed by atoms with Crippen molar-refractivity contribution < 1.29 is 19.6 Å². The molecule has 2 heterocycles. The summed E-state index contributed by atoms with van der Waals surface area (Å²) in [6.45, 7) is -0.310. The van der Waals surface area contributed by atoms with E-state index in [9.17, 15) is 19.7 Å². The summed E-state index contributed by atoms with van der Waals surface area (Å²) in [7, 11) is 0. The summed E-state index contributed by atoms with van der Waals surface area (Å²) in [5.74, 6) is -1.89. The number of nitro groups is 1. The highest BCUT2D eigenvalue weighted by atomic mass is 16.6. The summed E-state index contributed by atoms with van der Waals surface area (Å²) < 4.78 is 1.11. The van der Waals surface area contributed by atoms with Gasteiger partial charge in [-0.05, 0) is 11.0 Å². The molecule has 0 unspecified atom stereocenters. The van der Waals surface area contributed by atoms with Gasteiger partial charge >= 0.3 is 11.8 Å². The molecule has 1 amide bonds. The van der Waals surface area contributed by atoms with Crippen LogP contribution in [0.3, 0.4) is 0 Å². The van der Waals surface area contributed by atoms with Crippen LogP contribution in [0.25, 0.3) is 0 Å². The van der Waals surface area contributed by atoms with E-state index in [1.807, 2.05) is 0 Å². The molecule has 2 aromatic rings. The topological polar surface area (TPSA) is 156 Å². The van der Waals surface area contributed by atoms with Gasteiger partial charge in [0, 0.05) is 6.07 Å². The summed E-state index contributed by atoms with van der Waals surface area (Å²) >= 11 is 0. The average molecular weight is 294 g/mol.